The average molecular weight is 255 g/mol. The summed E-state index contributed by atoms with van der Waals surface area (Å²) >= 11 is 0. The third-order valence-electron chi connectivity index (χ3n) is 3.92. The van der Waals surface area contributed by atoms with Gasteiger partial charge in [-0.05, 0) is 38.5 Å². The van der Waals surface area contributed by atoms with Crippen LogP contribution in [-0.2, 0) is 4.74 Å². The van der Waals surface area contributed by atoms with Gasteiger partial charge >= 0.3 is 0 Å². The lowest BCUT2D eigenvalue weighted by atomic mass is 9.98. The second-order valence-electron chi connectivity index (χ2n) is 6.40. The number of hydrogen-bond acceptors (Lipinski definition) is 2. The number of hydrogen-bond donors (Lipinski definition) is 1. The summed E-state index contributed by atoms with van der Waals surface area (Å²) in [6.45, 7) is 10.2. The highest BCUT2D eigenvalue weighted by atomic mass is 16.5. The summed E-state index contributed by atoms with van der Waals surface area (Å²) in [4.78, 5) is 0. The van der Waals surface area contributed by atoms with Crippen LogP contribution in [0.4, 0.5) is 0 Å². The van der Waals surface area contributed by atoms with E-state index in [1.165, 1.54) is 44.9 Å². The summed E-state index contributed by atoms with van der Waals surface area (Å²) in [6.07, 6.45) is 9.39. The van der Waals surface area contributed by atoms with E-state index in [4.69, 9.17) is 4.74 Å². The largest absolute Gasteiger partial charge is 0.378 e. The molecule has 3 atom stereocenters. The van der Waals surface area contributed by atoms with Crippen molar-refractivity contribution in [3.63, 3.8) is 0 Å². The van der Waals surface area contributed by atoms with Gasteiger partial charge < -0.3 is 10.1 Å². The van der Waals surface area contributed by atoms with Crippen molar-refractivity contribution in [3.05, 3.63) is 0 Å². The van der Waals surface area contributed by atoms with Gasteiger partial charge in [0.1, 0.15) is 0 Å². The van der Waals surface area contributed by atoms with Crippen molar-refractivity contribution in [1.29, 1.82) is 0 Å². The van der Waals surface area contributed by atoms with Crippen molar-refractivity contribution in [2.75, 3.05) is 6.61 Å². The van der Waals surface area contributed by atoms with E-state index in [1.807, 2.05) is 0 Å². The van der Waals surface area contributed by atoms with Crippen LogP contribution in [-0.4, -0.2) is 24.8 Å². The summed E-state index contributed by atoms with van der Waals surface area (Å²) in [5, 5.41) is 3.80. The number of nitrogens with one attached hydrogen (secondary N) is 1. The average Bonchev–Trinajstić information content (AvgIpc) is 2.29. The Morgan fingerprint density at radius 1 is 1.22 bits per heavy atom. The fourth-order valence-electron chi connectivity index (χ4n) is 2.87. The van der Waals surface area contributed by atoms with Crippen molar-refractivity contribution in [2.24, 2.45) is 5.92 Å². The van der Waals surface area contributed by atoms with Crippen LogP contribution in [0.5, 0.6) is 0 Å². The van der Waals surface area contributed by atoms with E-state index in [9.17, 15) is 0 Å². The van der Waals surface area contributed by atoms with Crippen LogP contribution in [0.25, 0.3) is 0 Å². The summed E-state index contributed by atoms with van der Waals surface area (Å²) in [5.74, 6) is 0.842. The summed E-state index contributed by atoms with van der Waals surface area (Å²) in [6, 6.07) is 1.35. The lowest BCUT2D eigenvalue weighted by molar-refractivity contribution is -0.00485. The molecule has 1 fully saturated rings. The first kappa shape index (κ1) is 16.0. The lowest BCUT2D eigenvalue weighted by Gasteiger charge is -2.32. The molecule has 0 aromatic carbocycles. The van der Waals surface area contributed by atoms with Crippen LogP contribution in [0.1, 0.15) is 72.6 Å². The molecule has 108 valence electrons. The molecule has 1 aliphatic heterocycles. The molecule has 0 saturated carbocycles. The molecule has 0 aromatic rings. The van der Waals surface area contributed by atoms with Gasteiger partial charge in [-0.3, -0.25) is 0 Å². The van der Waals surface area contributed by atoms with E-state index in [2.05, 4.69) is 33.0 Å². The first-order chi connectivity index (χ1) is 8.61. The first-order valence-corrected chi connectivity index (χ1v) is 7.99. The Labute approximate surface area is 114 Å². The zero-order valence-electron chi connectivity index (χ0n) is 12.9. The van der Waals surface area contributed by atoms with Crippen LogP contribution in [0, 0.1) is 5.92 Å². The molecule has 18 heavy (non-hydrogen) atoms. The van der Waals surface area contributed by atoms with Gasteiger partial charge in [0.25, 0.3) is 0 Å². The van der Waals surface area contributed by atoms with Crippen molar-refractivity contribution in [2.45, 2.75) is 90.8 Å². The van der Waals surface area contributed by atoms with Crippen LogP contribution in [0.3, 0.4) is 0 Å². The zero-order chi connectivity index (χ0) is 13.4. The molecule has 0 radical (unpaired) electrons. The highest BCUT2D eigenvalue weighted by Crippen LogP contribution is 2.19. The molecule has 0 spiro atoms. The number of rotatable bonds is 8. The Bertz CT molecular complexity index is 203. The van der Waals surface area contributed by atoms with Gasteiger partial charge in [-0.1, -0.05) is 40.0 Å². The van der Waals surface area contributed by atoms with Gasteiger partial charge in [0.05, 0.1) is 6.10 Å². The summed E-state index contributed by atoms with van der Waals surface area (Å²) in [7, 11) is 0. The predicted octanol–water partition coefficient (Wildman–Crippen LogP) is 4.14. The Kier molecular flexibility index (Phi) is 7.92. The molecule has 1 N–H and O–H groups in total. The van der Waals surface area contributed by atoms with Gasteiger partial charge in [-0.2, -0.15) is 0 Å². The molecule has 1 rings (SSSR count). The molecule has 0 aliphatic carbocycles. The van der Waals surface area contributed by atoms with E-state index in [0.29, 0.717) is 18.2 Å². The minimum atomic E-state index is 0.504. The molecule has 0 bridgehead atoms. The van der Waals surface area contributed by atoms with E-state index in [-0.39, 0.29) is 0 Å². The maximum Gasteiger partial charge on any atom is 0.0589 e. The van der Waals surface area contributed by atoms with Crippen molar-refractivity contribution >= 4 is 0 Å². The van der Waals surface area contributed by atoms with Gasteiger partial charge in [0.15, 0.2) is 0 Å². The molecular formula is C16H33NO. The maximum atomic E-state index is 5.80. The monoisotopic (exact) mass is 255 g/mol. The molecule has 1 heterocycles. The minimum absolute atomic E-state index is 0.504. The lowest BCUT2D eigenvalue weighted by Crippen LogP contribution is -2.43. The second-order valence-corrected chi connectivity index (χ2v) is 6.40. The summed E-state index contributed by atoms with van der Waals surface area (Å²) < 4.78 is 5.80. The summed E-state index contributed by atoms with van der Waals surface area (Å²) in [5.41, 5.74) is 0. The van der Waals surface area contributed by atoms with Crippen molar-refractivity contribution in [3.8, 4) is 0 Å². The molecule has 1 saturated heterocycles. The van der Waals surface area contributed by atoms with Crippen LogP contribution < -0.4 is 5.32 Å². The SMILES string of the molecule is CCCC1CC(NC(C)CCCC(C)C)CCO1. The maximum absolute atomic E-state index is 5.80. The molecule has 1 aliphatic rings. The third-order valence-corrected chi connectivity index (χ3v) is 3.92. The molecule has 0 aromatic heterocycles. The Balaban J connectivity index is 2.16. The Morgan fingerprint density at radius 3 is 2.67 bits per heavy atom. The highest BCUT2D eigenvalue weighted by molar-refractivity contribution is 4.79. The quantitative estimate of drug-likeness (QED) is 0.704. The minimum Gasteiger partial charge on any atom is -0.378 e. The van der Waals surface area contributed by atoms with Crippen molar-refractivity contribution in [1.82, 2.24) is 5.32 Å². The van der Waals surface area contributed by atoms with Gasteiger partial charge in [0.2, 0.25) is 0 Å². The standard InChI is InChI=1S/C16H33NO/c1-5-7-16-12-15(10-11-18-16)17-14(4)9-6-8-13(2)3/h13-17H,5-12H2,1-4H3. The molecule has 2 nitrogen and oxygen atoms in total. The van der Waals surface area contributed by atoms with E-state index in [0.717, 1.165) is 12.5 Å². The molecule has 2 heteroatoms. The first-order valence-electron chi connectivity index (χ1n) is 7.99. The van der Waals surface area contributed by atoms with Crippen LogP contribution in [0.2, 0.25) is 0 Å². The molecule has 0 amide bonds. The van der Waals surface area contributed by atoms with E-state index < -0.39 is 0 Å². The smallest absolute Gasteiger partial charge is 0.0589 e. The van der Waals surface area contributed by atoms with Crippen molar-refractivity contribution < 1.29 is 4.74 Å². The Morgan fingerprint density at radius 2 is 2.00 bits per heavy atom. The second kappa shape index (κ2) is 8.92. The van der Waals surface area contributed by atoms with E-state index >= 15 is 0 Å². The molecular weight excluding hydrogens is 222 g/mol. The Hall–Kier alpha value is -0.0800. The number of ether oxygens (including phenoxy) is 1. The van der Waals surface area contributed by atoms with Gasteiger partial charge in [-0.25, -0.2) is 0 Å². The van der Waals surface area contributed by atoms with Crippen LogP contribution >= 0.6 is 0 Å². The highest BCUT2D eigenvalue weighted by Gasteiger charge is 2.22. The van der Waals surface area contributed by atoms with Gasteiger partial charge in [-0.15, -0.1) is 0 Å². The topological polar surface area (TPSA) is 21.3 Å². The fraction of sp³-hybridized carbons (Fsp3) is 1.00. The third kappa shape index (κ3) is 6.75. The fourth-order valence-corrected chi connectivity index (χ4v) is 2.87. The predicted molar refractivity (Wildman–Crippen MR) is 79.0 cm³/mol. The van der Waals surface area contributed by atoms with E-state index in [1.54, 1.807) is 0 Å². The zero-order valence-corrected chi connectivity index (χ0v) is 12.9. The van der Waals surface area contributed by atoms with Gasteiger partial charge in [0, 0.05) is 18.7 Å². The van der Waals surface area contributed by atoms with Crippen LogP contribution in [0.15, 0.2) is 0 Å². The normalized spacial score (nSPS) is 26.5. The molecule has 3 unspecified atom stereocenters.